The van der Waals surface area contributed by atoms with Gasteiger partial charge in [-0.25, -0.2) is 0 Å². The van der Waals surface area contributed by atoms with Crippen LogP contribution in [0.15, 0.2) is 53.6 Å². The normalized spacial score (nSPS) is 17.3. The van der Waals surface area contributed by atoms with Gasteiger partial charge in [-0.2, -0.15) is 10.1 Å². The maximum atomic E-state index is 12.8. The molecule has 4 nitrogen and oxygen atoms in total. The second-order valence-electron chi connectivity index (χ2n) is 5.90. The minimum absolute atomic E-state index is 0.193. The molecule has 1 amide bonds. The first-order valence-corrected chi connectivity index (χ1v) is 7.54. The summed E-state index contributed by atoms with van der Waals surface area (Å²) in [6.07, 6.45) is 0. The van der Waals surface area contributed by atoms with Crippen molar-refractivity contribution in [3.63, 3.8) is 0 Å². The lowest BCUT2D eigenvalue weighted by Crippen LogP contribution is -2.32. The molecule has 1 heterocycles. The van der Waals surface area contributed by atoms with Crippen molar-refractivity contribution in [2.45, 2.75) is 20.8 Å². The van der Waals surface area contributed by atoms with Gasteiger partial charge < -0.3 is 0 Å². The molecule has 0 fully saturated rings. The highest BCUT2D eigenvalue weighted by molar-refractivity contribution is 6.30. The molecular weight excluding hydrogens is 288 g/mol. The van der Waals surface area contributed by atoms with Crippen LogP contribution >= 0.6 is 0 Å². The van der Waals surface area contributed by atoms with E-state index in [0.717, 1.165) is 11.1 Å². The lowest BCUT2D eigenvalue weighted by Gasteiger charge is -2.14. The Kier molecular flexibility index (Phi) is 3.82. The number of para-hydroxylation sites is 1. The molecule has 0 bridgehead atoms. The van der Waals surface area contributed by atoms with Crippen LogP contribution in [0.5, 0.6) is 0 Å². The summed E-state index contributed by atoms with van der Waals surface area (Å²) in [5.41, 5.74) is 3.78. The number of benzene rings is 2. The fourth-order valence-corrected chi connectivity index (χ4v) is 2.91. The summed E-state index contributed by atoms with van der Waals surface area (Å²) in [4.78, 5) is 25.5. The van der Waals surface area contributed by atoms with E-state index in [1.165, 1.54) is 5.01 Å². The summed E-state index contributed by atoms with van der Waals surface area (Å²) in [5, 5.41) is 5.61. The fraction of sp³-hybridized carbons (Fsp3) is 0.211. The number of anilines is 1. The lowest BCUT2D eigenvalue weighted by atomic mass is 9.92. The Morgan fingerprint density at radius 3 is 2.22 bits per heavy atom. The summed E-state index contributed by atoms with van der Waals surface area (Å²) in [7, 11) is 0. The number of hydrogen-bond acceptors (Lipinski definition) is 3. The molecule has 0 spiro atoms. The molecule has 0 saturated carbocycles. The maximum absolute atomic E-state index is 12.8. The summed E-state index contributed by atoms with van der Waals surface area (Å²) < 4.78 is 0. The zero-order valence-corrected chi connectivity index (χ0v) is 13.4. The van der Waals surface area contributed by atoms with E-state index in [4.69, 9.17) is 0 Å². The molecule has 0 aliphatic carbocycles. The zero-order chi connectivity index (χ0) is 16.6. The van der Waals surface area contributed by atoms with Gasteiger partial charge in [0.25, 0.3) is 5.91 Å². The first kappa shape index (κ1) is 15.2. The first-order chi connectivity index (χ1) is 11.0. The quantitative estimate of drug-likeness (QED) is 0.643. The number of rotatable bonds is 3. The number of ketones is 1. The molecule has 0 aromatic heterocycles. The molecule has 1 aliphatic rings. The Bertz CT molecular complexity index is 789. The Balaban J connectivity index is 1.93. The molecule has 1 atom stereocenters. The summed E-state index contributed by atoms with van der Waals surface area (Å²) in [6, 6.07) is 14.8. The Labute approximate surface area is 135 Å². The molecule has 2 aromatic rings. The van der Waals surface area contributed by atoms with Crippen LogP contribution in [0, 0.1) is 19.8 Å². The molecule has 2 aromatic carbocycles. The monoisotopic (exact) mass is 306 g/mol. The summed E-state index contributed by atoms with van der Waals surface area (Å²) in [6.45, 7) is 5.61. The Morgan fingerprint density at radius 1 is 1.00 bits per heavy atom. The summed E-state index contributed by atoms with van der Waals surface area (Å²) >= 11 is 0. The van der Waals surface area contributed by atoms with E-state index in [0.29, 0.717) is 17.0 Å². The zero-order valence-electron chi connectivity index (χ0n) is 13.4. The first-order valence-electron chi connectivity index (χ1n) is 7.54. The highest BCUT2D eigenvalue weighted by Gasteiger charge is 2.39. The van der Waals surface area contributed by atoms with E-state index in [2.05, 4.69) is 5.10 Å². The highest BCUT2D eigenvalue weighted by atomic mass is 16.2. The number of hydrazone groups is 1. The Hall–Kier alpha value is -2.75. The van der Waals surface area contributed by atoms with Gasteiger partial charge >= 0.3 is 0 Å². The van der Waals surface area contributed by atoms with Crippen LogP contribution in [-0.4, -0.2) is 17.4 Å². The molecule has 23 heavy (non-hydrogen) atoms. The van der Waals surface area contributed by atoms with Crippen LogP contribution in [0.4, 0.5) is 5.69 Å². The number of aryl methyl sites for hydroxylation is 2. The van der Waals surface area contributed by atoms with Gasteiger partial charge in [-0.15, -0.1) is 0 Å². The lowest BCUT2D eigenvalue weighted by molar-refractivity contribution is -0.118. The van der Waals surface area contributed by atoms with Crippen molar-refractivity contribution in [3.8, 4) is 0 Å². The molecule has 3 rings (SSSR count). The van der Waals surface area contributed by atoms with E-state index >= 15 is 0 Å². The number of hydrogen-bond donors (Lipinski definition) is 0. The topological polar surface area (TPSA) is 49.7 Å². The van der Waals surface area contributed by atoms with Gasteiger partial charge in [0.15, 0.2) is 5.78 Å². The van der Waals surface area contributed by atoms with Gasteiger partial charge in [0.1, 0.15) is 5.92 Å². The third kappa shape index (κ3) is 2.80. The second-order valence-corrected chi connectivity index (χ2v) is 5.90. The van der Waals surface area contributed by atoms with Gasteiger partial charge in [0, 0.05) is 5.56 Å². The minimum Gasteiger partial charge on any atom is -0.293 e. The third-order valence-corrected chi connectivity index (χ3v) is 3.90. The SMILES string of the molecule is CC1=NN(c2ccccc2)C(=O)C1C(=O)c1cc(C)cc(C)c1. The van der Waals surface area contributed by atoms with Crippen molar-refractivity contribution in [2.75, 3.05) is 5.01 Å². The van der Waals surface area contributed by atoms with Gasteiger partial charge in [-0.3, -0.25) is 9.59 Å². The third-order valence-electron chi connectivity index (χ3n) is 3.90. The van der Waals surface area contributed by atoms with Gasteiger partial charge in [0.05, 0.1) is 11.4 Å². The molecular formula is C19H18N2O2. The van der Waals surface area contributed by atoms with Crippen molar-refractivity contribution in [3.05, 3.63) is 65.2 Å². The van der Waals surface area contributed by atoms with Crippen molar-refractivity contribution >= 4 is 23.1 Å². The average Bonchev–Trinajstić information content (AvgIpc) is 2.81. The smallest absolute Gasteiger partial charge is 0.264 e. The molecule has 0 radical (unpaired) electrons. The predicted octanol–water partition coefficient (Wildman–Crippen LogP) is 3.53. The number of nitrogens with zero attached hydrogens (tertiary/aromatic N) is 2. The van der Waals surface area contributed by atoms with E-state index in [1.807, 2.05) is 50.2 Å². The van der Waals surface area contributed by atoms with Crippen molar-refractivity contribution in [1.82, 2.24) is 0 Å². The molecule has 0 saturated heterocycles. The molecule has 1 aliphatic heterocycles. The largest absolute Gasteiger partial charge is 0.293 e. The summed E-state index contributed by atoms with van der Waals surface area (Å²) in [5.74, 6) is -1.32. The van der Waals surface area contributed by atoms with Crippen LogP contribution in [0.2, 0.25) is 0 Å². The number of amides is 1. The van der Waals surface area contributed by atoms with E-state index < -0.39 is 5.92 Å². The van der Waals surface area contributed by atoms with Crippen LogP contribution in [0.3, 0.4) is 0 Å². The molecule has 1 unspecified atom stereocenters. The number of carbonyl (C=O) groups is 2. The Morgan fingerprint density at radius 2 is 1.61 bits per heavy atom. The second kappa shape index (κ2) is 5.80. The average molecular weight is 306 g/mol. The van der Waals surface area contributed by atoms with Crippen molar-refractivity contribution in [2.24, 2.45) is 11.0 Å². The molecule has 4 heteroatoms. The van der Waals surface area contributed by atoms with Crippen LogP contribution in [0.1, 0.15) is 28.4 Å². The van der Waals surface area contributed by atoms with Crippen LogP contribution in [-0.2, 0) is 4.79 Å². The highest BCUT2D eigenvalue weighted by Crippen LogP contribution is 2.26. The maximum Gasteiger partial charge on any atom is 0.264 e. The van der Waals surface area contributed by atoms with E-state index in [-0.39, 0.29) is 11.7 Å². The van der Waals surface area contributed by atoms with Crippen LogP contribution < -0.4 is 5.01 Å². The molecule has 0 N–H and O–H groups in total. The molecule has 116 valence electrons. The van der Waals surface area contributed by atoms with Crippen LogP contribution in [0.25, 0.3) is 0 Å². The van der Waals surface area contributed by atoms with Gasteiger partial charge in [-0.05, 0) is 45.0 Å². The number of carbonyl (C=O) groups excluding carboxylic acids is 2. The van der Waals surface area contributed by atoms with E-state index in [1.54, 1.807) is 19.1 Å². The minimum atomic E-state index is -0.837. The van der Waals surface area contributed by atoms with Gasteiger partial charge in [-0.1, -0.05) is 35.4 Å². The van der Waals surface area contributed by atoms with Crippen molar-refractivity contribution < 1.29 is 9.59 Å². The van der Waals surface area contributed by atoms with Gasteiger partial charge in [0.2, 0.25) is 0 Å². The number of Topliss-reactive ketones (excluding diaryl/α,β-unsaturated/α-hetero) is 1. The van der Waals surface area contributed by atoms with E-state index in [9.17, 15) is 9.59 Å². The standard InChI is InChI=1S/C19H18N2O2/c1-12-9-13(2)11-15(10-12)18(22)17-14(3)20-21(19(17)23)16-7-5-4-6-8-16/h4-11,17H,1-3H3. The predicted molar refractivity (Wildman–Crippen MR) is 90.8 cm³/mol. The fourth-order valence-electron chi connectivity index (χ4n) is 2.91. The van der Waals surface area contributed by atoms with Crippen molar-refractivity contribution in [1.29, 1.82) is 0 Å².